The van der Waals surface area contributed by atoms with Crippen molar-refractivity contribution >= 4 is 24.8 Å². The topological polar surface area (TPSA) is 46.6 Å². The normalized spacial score (nSPS) is 16.6. The Labute approximate surface area is 204 Å². The van der Waals surface area contributed by atoms with Crippen LogP contribution >= 0.6 is 0 Å². The minimum absolute atomic E-state index is 0.106. The van der Waals surface area contributed by atoms with Crippen LogP contribution in [0.5, 0.6) is 0 Å². The second kappa shape index (κ2) is 10.3. The van der Waals surface area contributed by atoms with E-state index in [9.17, 15) is 14.0 Å². The molecule has 0 N–H and O–H groups in total. The largest absolute Gasteiger partial charge is 0.443 e. The lowest BCUT2D eigenvalue weighted by atomic mass is 9.26. The molecule has 0 bridgehead atoms. The van der Waals surface area contributed by atoms with E-state index < -0.39 is 22.8 Å². The molecule has 1 amide bonds. The Morgan fingerprint density at radius 1 is 1.15 bits per heavy atom. The van der Waals surface area contributed by atoms with Gasteiger partial charge < -0.3 is 9.53 Å². The van der Waals surface area contributed by atoms with E-state index in [-0.39, 0.29) is 6.71 Å². The van der Waals surface area contributed by atoms with Gasteiger partial charge in [0.15, 0.2) is 6.71 Å². The molecule has 0 aromatic heterocycles. The highest BCUT2D eigenvalue weighted by Crippen LogP contribution is 2.42. The molecule has 6 heteroatoms. The van der Waals surface area contributed by atoms with Crippen LogP contribution in [-0.2, 0) is 14.8 Å². The van der Waals surface area contributed by atoms with Crippen LogP contribution in [0.25, 0.3) is 0 Å². The summed E-state index contributed by atoms with van der Waals surface area (Å²) in [6.45, 7) is 11.5. The van der Waals surface area contributed by atoms with Crippen LogP contribution in [0.3, 0.4) is 0 Å². The smallest absolute Gasteiger partial charge is 0.414 e. The first kappa shape index (κ1) is 26.0. The maximum Gasteiger partial charge on any atom is 0.414 e. The minimum atomic E-state index is -0.837. The van der Waals surface area contributed by atoms with Gasteiger partial charge in [0.1, 0.15) is 17.7 Å². The zero-order valence-electron chi connectivity index (χ0n) is 21.4. The summed E-state index contributed by atoms with van der Waals surface area (Å²) in [5.74, 6) is 0.0314. The summed E-state index contributed by atoms with van der Waals surface area (Å²) in [6, 6.07) is 13.3. The quantitative estimate of drug-likeness (QED) is 0.342. The van der Waals surface area contributed by atoms with Crippen LogP contribution in [0, 0.1) is 12.7 Å². The number of hydrogen-bond acceptors (Lipinski definition) is 3. The summed E-state index contributed by atoms with van der Waals surface area (Å²) in [7, 11) is 0. The number of hydrogen-bond donors (Lipinski definition) is 0. The van der Waals surface area contributed by atoms with Crippen molar-refractivity contribution in [3.05, 3.63) is 65.0 Å². The third-order valence-corrected chi connectivity index (χ3v) is 7.24. The number of halogens is 1. The van der Waals surface area contributed by atoms with Crippen molar-refractivity contribution in [2.45, 2.75) is 83.9 Å². The van der Waals surface area contributed by atoms with E-state index in [1.165, 1.54) is 22.6 Å². The number of aldehydes is 1. The van der Waals surface area contributed by atoms with E-state index in [1.807, 2.05) is 26.8 Å². The molecular weight excluding hydrogens is 428 g/mol. The maximum absolute atomic E-state index is 14.9. The summed E-state index contributed by atoms with van der Waals surface area (Å²) < 4.78 is 20.5. The zero-order chi connectivity index (χ0) is 25.1. The van der Waals surface area contributed by atoms with Crippen LogP contribution in [0.15, 0.2) is 42.5 Å². The molecule has 2 aromatic carbocycles. The van der Waals surface area contributed by atoms with Gasteiger partial charge in [0.05, 0.1) is 5.69 Å². The van der Waals surface area contributed by atoms with Crippen molar-refractivity contribution in [3.63, 3.8) is 0 Å². The lowest BCUT2D eigenvalue weighted by Crippen LogP contribution is -2.45. The molecule has 4 nitrogen and oxygen atoms in total. The average Bonchev–Trinajstić information content (AvgIpc) is 2.80. The van der Waals surface area contributed by atoms with Crippen molar-refractivity contribution in [2.75, 3.05) is 11.4 Å². The van der Waals surface area contributed by atoms with Gasteiger partial charge in [-0.1, -0.05) is 62.7 Å². The van der Waals surface area contributed by atoms with Crippen molar-refractivity contribution in [1.29, 1.82) is 0 Å². The molecule has 1 aliphatic rings. The molecule has 1 unspecified atom stereocenters. The second-order valence-electron chi connectivity index (χ2n) is 10.7. The van der Waals surface area contributed by atoms with Gasteiger partial charge in [-0.05, 0) is 69.4 Å². The SMILES string of the molecule is CCN(C(=O)OC(C)(C)C)c1cc(F)cc(C(C)(C=O)B2CCC(c3ccccc3)CC2)c1C. The van der Waals surface area contributed by atoms with Gasteiger partial charge in [-0.2, -0.15) is 0 Å². The third kappa shape index (κ3) is 5.53. The number of rotatable bonds is 6. The molecule has 1 heterocycles. The van der Waals surface area contributed by atoms with Crippen LogP contribution in [0.2, 0.25) is 12.6 Å². The fourth-order valence-electron chi connectivity index (χ4n) is 5.35. The monoisotopic (exact) mass is 465 g/mol. The standard InChI is InChI=1S/C28H37BFNO3/c1-7-31(26(33)34-27(3,4)5)25-18-23(30)17-24(20(25)2)28(6,19-32)29-15-13-22(14-16-29)21-11-9-8-10-12-21/h8-12,17-19,22H,7,13-16H2,1-6H3. The first-order chi connectivity index (χ1) is 16.0. The minimum Gasteiger partial charge on any atom is -0.443 e. The molecule has 182 valence electrons. The molecule has 1 fully saturated rings. The number of benzene rings is 2. The molecule has 1 saturated heterocycles. The Morgan fingerprint density at radius 2 is 1.76 bits per heavy atom. The summed E-state index contributed by atoms with van der Waals surface area (Å²) in [5.41, 5.74) is 2.53. The molecule has 1 aliphatic heterocycles. The van der Waals surface area contributed by atoms with Gasteiger partial charge in [-0.15, -0.1) is 0 Å². The van der Waals surface area contributed by atoms with Gasteiger partial charge >= 0.3 is 6.09 Å². The second-order valence-corrected chi connectivity index (χ2v) is 10.7. The van der Waals surface area contributed by atoms with E-state index in [2.05, 4.69) is 24.3 Å². The van der Waals surface area contributed by atoms with Crippen LogP contribution in [0.1, 0.15) is 70.1 Å². The Bertz CT molecular complexity index is 1010. The average molecular weight is 465 g/mol. The fraction of sp³-hybridized carbons (Fsp3) is 0.500. The highest BCUT2D eigenvalue weighted by molar-refractivity contribution is 6.65. The summed E-state index contributed by atoms with van der Waals surface area (Å²) in [6.07, 6.45) is 4.24. The number of carbonyl (C=O) groups is 2. The van der Waals surface area contributed by atoms with Crippen LogP contribution < -0.4 is 4.90 Å². The molecule has 34 heavy (non-hydrogen) atoms. The highest BCUT2D eigenvalue weighted by atomic mass is 19.1. The van der Waals surface area contributed by atoms with Gasteiger partial charge in [-0.25, -0.2) is 9.18 Å². The lowest BCUT2D eigenvalue weighted by molar-refractivity contribution is -0.110. The number of carbonyl (C=O) groups excluding carboxylic acids is 2. The van der Waals surface area contributed by atoms with E-state index >= 15 is 0 Å². The number of nitrogens with zero attached hydrogens (tertiary/aromatic N) is 1. The maximum atomic E-state index is 14.9. The first-order valence-corrected chi connectivity index (χ1v) is 12.3. The molecule has 0 aliphatic carbocycles. The highest BCUT2D eigenvalue weighted by Gasteiger charge is 2.42. The third-order valence-electron chi connectivity index (χ3n) is 7.24. The van der Waals surface area contributed by atoms with Gasteiger partial charge in [0, 0.05) is 11.9 Å². The number of amides is 1. The van der Waals surface area contributed by atoms with Crippen LogP contribution in [0.4, 0.5) is 14.9 Å². The molecule has 1 atom stereocenters. The summed E-state index contributed by atoms with van der Waals surface area (Å²) in [5, 5.41) is -0.837. The predicted octanol–water partition coefficient (Wildman–Crippen LogP) is 6.96. The van der Waals surface area contributed by atoms with Gasteiger partial charge in [0.25, 0.3) is 0 Å². The summed E-state index contributed by atoms with van der Waals surface area (Å²) >= 11 is 0. The number of ether oxygens (including phenoxy) is 1. The Kier molecular flexibility index (Phi) is 7.89. The molecule has 2 aromatic rings. The Morgan fingerprint density at radius 3 is 2.29 bits per heavy atom. The Balaban J connectivity index is 1.92. The van der Waals surface area contributed by atoms with E-state index in [0.717, 1.165) is 37.3 Å². The number of anilines is 1. The fourth-order valence-corrected chi connectivity index (χ4v) is 5.35. The molecule has 0 radical (unpaired) electrons. The first-order valence-electron chi connectivity index (χ1n) is 12.3. The van der Waals surface area contributed by atoms with E-state index in [1.54, 1.807) is 20.8 Å². The zero-order valence-corrected chi connectivity index (χ0v) is 21.4. The van der Waals surface area contributed by atoms with Crippen molar-refractivity contribution in [3.8, 4) is 0 Å². The molecule has 0 spiro atoms. The lowest BCUT2D eigenvalue weighted by Gasteiger charge is -2.38. The van der Waals surface area contributed by atoms with Crippen molar-refractivity contribution in [2.24, 2.45) is 0 Å². The van der Waals surface area contributed by atoms with Crippen molar-refractivity contribution in [1.82, 2.24) is 0 Å². The van der Waals surface area contributed by atoms with Crippen LogP contribution in [-0.4, -0.2) is 31.2 Å². The van der Waals surface area contributed by atoms with E-state index in [4.69, 9.17) is 4.74 Å². The molecular formula is C28H37BFNO3. The van der Waals surface area contributed by atoms with Crippen molar-refractivity contribution < 1.29 is 18.7 Å². The van der Waals surface area contributed by atoms with Gasteiger partial charge in [0.2, 0.25) is 0 Å². The summed E-state index contributed by atoms with van der Waals surface area (Å²) in [4.78, 5) is 26.9. The van der Waals surface area contributed by atoms with E-state index in [0.29, 0.717) is 23.7 Å². The molecule has 3 rings (SSSR count). The predicted molar refractivity (Wildman–Crippen MR) is 138 cm³/mol. The van der Waals surface area contributed by atoms with Gasteiger partial charge in [-0.3, -0.25) is 4.90 Å². The molecule has 0 saturated carbocycles. The Hall–Kier alpha value is -2.63.